The number of ether oxygens (including phenoxy) is 1. The van der Waals surface area contributed by atoms with Crippen LogP contribution >= 0.6 is 0 Å². The molecule has 0 aromatic heterocycles. The van der Waals surface area contributed by atoms with Crippen LogP contribution in [0.5, 0.6) is 0 Å². The summed E-state index contributed by atoms with van der Waals surface area (Å²) in [5, 5.41) is 0. The minimum Gasteiger partial charge on any atom is -0.373 e. The Bertz CT molecular complexity index is 970. The van der Waals surface area contributed by atoms with Crippen molar-refractivity contribution in [3.8, 4) is 0 Å². The molecule has 160 valence electrons. The number of piperidine rings is 1. The first-order chi connectivity index (χ1) is 14.5. The van der Waals surface area contributed by atoms with Gasteiger partial charge in [-0.2, -0.15) is 0 Å². The van der Waals surface area contributed by atoms with Crippen LogP contribution in [0.2, 0.25) is 0 Å². The van der Waals surface area contributed by atoms with E-state index in [1.807, 2.05) is 18.2 Å². The molecule has 2 aliphatic heterocycles. The molecule has 0 radical (unpaired) electrons. The van der Waals surface area contributed by atoms with E-state index in [0.29, 0.717) is 18.6 Å². The zero-order valence-corrected chi connectivity index (χ0v) is 17.8. The second-order valence-corrected chi connectivity index (χ2v) is 9.70. The van der Waals surface area contributed by atoms with Gasteiger partial charge in [0.25, 0.3) is 0 Å². The van der Waals surface area contributed by atoms with Gasteiger partial charge in [-0.3, -0.25) is 4.79 Å². The van der Waals surface area contributed by atoms with Gasteiger partial charge in [0.2, 0.25) is 10.0 Å². The minimum atomic E-state index is -3.62. The van der Waals surface area contributed by atoms with E-state index in [9.17, 15) is 13.2 Å². The molecule has 0 bridgehead atoms. The zero-order chi connectivity index (χ0) is 21.0. The highest BCUT2D eigenvalue weighted by atomic mass is 32.2. The van der Waals surface area contributed by atoms with Crippen LogP contribution in [0.3, 0.4) is 0 Å². The quantitative estimate of drug-likeness (QED) is 0.734. The fraction of sp³-hybridized carbons (Fsp3) is 0.435. The summed E-state index contributed by atoms with van der Waals surface area (Å²) in [4.78, 5) is 15.1. The Morgan fingerprint density at radius 3 is 2.47 bits per heavy atom. The van der Waals surface area contributed by atoms with Crippen molar-refractivity contribution in [1.82, 2.24) is 9.62 Å². The van der Waals surface area contributed by atoms with E-state index in [1.54, 1.807) is 18.2 Å². The Morgan fingerprint density at radius 2 is 1.70 bits per heavy atom. The molecule has 2 heterocycles. The Morgan fingerprint density at radius 1 is 1.00 bits per heavy atom. The Balaban J connectivity index is 1.21. The van der Waals surface area contributed by atoms with Gasteiger partial charge in [-0.1, -0.05) is 42.5 Å². The van der Waals surface area contributed by atoms with E-state index >= 15 is 0 Å². The van der Waals surface area contributed by atoms with Crippen LogP contribution in [0.25, 0.3) is 0 Å². The first-order valence-corrected chi connectivity index (χ1v) is 12.0. The third-order valence-electron chi connectivity index (χ3n) is 5.89. The highest BCUT2D eigenvalue weighted by molar-refractivity contribution is 7.89. The predicted molar refractivity (Wildman–Crippen MR) is 115 cm³/mol. The number of fused-ring (bicyclic) bond motifs is 1. The maximum absolute atomic E-state index is 12.7. The van der Waals surface area contributed by atoms with E-state index in [1.165, 1.54) is 11.6 Å². The normalized spacial score (nSPS) is 22.0. The standard InChI is InChI=1S/C23H28N2O4S/c26-23-20-9-4-5-11-22(20)30(27,28)24-21(23)10-6-14-25-15-12-19(13-16-25)29-17-18-7-2-1-3-8-18/h1-5,7-9,11,19,21,24H,6,10,12-17H2. The largest absolute Gasteiger partial charge is 0.373 e. The highest BCUT2D eigenvalue weighted by Crippen LogP contribution is 2.24. The van der Waals surface area contributed by atoms with E-state index in [0.717, 1.165) is 38.9 Å². The van der Waals surface area contributed by atoms with Crippen molar-refractivity contribution in [2.45, 2.75) is 49.3 Å². The van der Waals surface area contributed by atoms with Gasteiger partial charge in [0.1, 0.15) is 0 Å². The zero-order valence-electron chi connectivity index (χ0n) is 17.0. The Labute approximate surface area is 178 Å². The van der Waals surface area contributed by atoms with Crippen LogP contribution in [0.1, 0.15) is 41.6 Å². The molecule has 0 amide bonds. The van der Waals surface area contributed by atoms with Crippen molar-refractivity contribution in [3.63, 3.8) is 0 Å². The van der Waals surface area contributed by atoms with E-state index in [4.69, 9.17) is 4.74 Å². The molecule has 1 saturated heterocycles. The van der Waals surface area contributed by atoms with Gasteiger partial charge in [0.05, 0.1) is 23.6 Å². The lowest BCUT2D eigenvalue weighted by Gasteiger charge is -2.32. The average molecular weight is 429 g/mol. The number of rotatable bonds is 7. The fourth-order valence-corrected chi connectivity index (χ4v) is 5.64. The Hall–Kier alpha value is -2.06. The van der Waals surface area contributed by atoms with Gasteiger partial charge < -0.3 is 9.64 Å². The number of hydrogen-bond donors (Lipinski definition) is 1. The summed E-state index contributed by atoms with van der Waals surface area (Å²) in [6, 6.07) is 16.0. The monoisotopic (exact) mass is 428 g/mol. The molecular weight excluding hydrogens is 400 g/mol. The van der Waals surface area contributed by atoms with E-state index < -0.39 is 16.1 Å². The maximum atomic E-state index is 12.7. The number of carbonyl (C=O) groups excluding carboxylic acids is 1. The molecular formula is C23H28N2O4S. The fourth-order valence-electron chi connectivity index (χ4n) is 4.19. The lowest BCUT2D eigenvalue weighted by atomic mass is 10.00. The summed E-state index contributed by atoms with van der Waals surface area (Å²) in [6.07, 6.45) is 3.56. The molecule has 7 heteroatoms. The second-order valence-electron chi connectivity index (χ2n) is 8.01. The lowest BCUT2D eigenvalue weighted by Crippen LogP contribution is -2.46. The molecule has 0 saturated carbocycles. The number of benzene rings is 2. The third-order valence-corrected chi connectivity index (χ3v) is 7.42. The van der Waals surface area contributed by atoms with Crippen molar-refractivity contribution >= 4 is 15.8 Å². The molecule has 2 aromatic rings. The third kappa shape index (κ3) is 4.98. The highest BCUT2D eigenvalue weighted by Gasteiger charge is 2.35. The van der Waals surface area contributed by atoms with Crippen LogP contribution in [0, 0.1) is 0 Å². The molecule has 6 nitrogen and oxygen atoms in total. The number of carbonyl (C=O) groups is 1. The average Bonchev–Trinajstić information content (AvgIpc) is 2.77. The van der Waals surface area contributed by atoms with Gasteiger partial charge in [-0.05, 0) is 49.9 Å². The second kappa shape index (κ2) is 9.39. The van der Waals surface area contributed by atoms with E-state index in [-0.39, 0.29) is 16.8 Å². The number of nitrogens with one attached hydrogen (secondary N) is 1. The molecule has 1 atom stereocenters. The van der Waals surface area contributed by atoms with Crippen LogP contribution in [-0.4, -0.2) is 50.9 Å². The van der Waals surface area contributed by atoms with Crippen molar-refractivity contribution in [2.24, 2.45) is 0 Å². The van der Waals surface area contributed by atoms with Crippen LogP contribution < -0.4 is 4.72 Å². The minimum absolute atomic E-state index is 0.0869. The molecule has 4 rings (SSSR count). The molecule has 1 fully saturated rings. The molecule has 0 spiro atoms. The summed E-state index contributed by atoms with van der Waals surface area (Å²) < 4.78 is 33.4. The Kier molecular flexibility index (Phi) is 6.63. The molecule has 1 N–H and O–H groups in total. The van der Waals surface area contributed by atoms with Crippen molar-refractivity contribution < 1.29 is 17.9 Å². The van der Waals surface area contributed by atoms with Crippen LogP contribution in [-0.2, 0) is 21.4 Å². The molecule has 2 aromatic carbocycles. The van der Waals surface area contributed by atoms with Gasteiger partial charge in [-0.25, -0.2) is 13.1 Å². The topological polar surface area (TPSA) is 75.7 Å². The summed E-state index contributed by atoms with van der Waals surface area (Å²) in [5.74, 6) is -0.131. The van der Waals surface area contributed by atoms with E-state index in [2.05, 4.69) is 21.8 Å². The van der Waals surface area contributed by atoms with Gasteiger partial charge >= 0.3 is 0 Å². The summed E-state index contributed by atoms with van der Waals surface area (Å²) in [6.45, 7) is 3.44. The first kappa shape index (κ1) is 21.2. The first-order valence-electron chi connectivity index (χ1n) is 10.6. The van der Waals surface area contributed by atoms with Gasteiger partial charge in [0.15, 0.2) is 5.78 Å². The number of likely N-dealkylation sites (tertiary alicyclic amines) is 1. The molecule has 0 aliphatic carbocycles. The SMILES string of the molecule is O=C1c2ccccc2S(=O)(=O)NC1CCCN1CCC(OCc2ccccc2)CC1. The number of ketones is 1. The lowest BCUT2D eigenvalue weighted by molar-refractivity contribution is -0.00269. The van der Waals surface area contributed by atoms with Crippen molar-refractivity contribution in [2.75, 3.05) is 19.6 Å². The van der Waals surface area contributed by atoms with Crippen molar-refractivity contribution in [1.29, 1.82) is 0 Å². The number of nitrogens with zero attached hydrogens (tertiary/aromatic N) is 1. The number of Topliss-reactive ketones (excluding diaryl/α,β-unsaturated/α-hetero) is 1. The van der Waals surface area contributed by atoms with Gasteiger partial charge in [0, 0.05) is 18.7 Å². The molecule has 2 aliphatic rings. The summed E-state index contributed by atoms with van der Waals surface area (Å²) in [5.41, 5.74) is 1.50. The molecule has 1 unspecified atom stereocenters. The molecule has 30 heavy (non-hydrogen) atoms. The van der Waals surface area contributed by atoms with Gasteiger partial charge in [-0.15, -0.1) is 0 Å². The number of sulfonamides is 1. The van der Waals surface area contributed by atoms with Crippen molar-refractivity contribution in [3.05, 3.63) is 65.7 Å². The summed E-state index contributed by atoms with van der Waals surface area (Å²) in [7, 11) is -3.62. The number of hydrogen-bond acceptors (Lipinski definition) is 5. The smallest absolute Gasteiger partial charge is 0.241 e. The predicted octanol–water partition coefficient (Wildman–Crippen LogP) is 2.99. The maximum Gasteiger partial charge on any atom is 0.241 e. The van der Waals surface area contributed by atoms with Crippen LogP contribution in [0.4, 0.5) is 0 Å². The van der Waals surface area contributed by atoms with Crippen LogP contribution in [0.15, 0.2) is 59.5 Å². The summed E-state index contributed by atoms with van der Waals surface area (Å²) >= 11 is 0.